The normalized spacial score (nSPS) is 18.7. The minimum atomic E-state index is -0.564. The van der Waals surface area contributed by atoms with Gasteiger partial charge in [0.2, 0.25) is 0 Å². The molecule has 5 rings (SSSR count). The van der Waals surface area contributed by atoms with Crippen molar-refractivity contribution in [2.45, 2.75) is 25.3 Å². The lowest BCUT2D eigenvalue weighted by molar-refractivity contribution is -0.116. The molecule has 1 aromatic heterocycles. The third-order valence-corrected chi connectivity index (χ3v) is 5.92. The van der Waals surface area contributed by atoms with Crippen LogP contribution in [0, 0.1) is 0 Å². The van der Waals surface area contributed by atoms with E-state index in [1.54, 1.807) is 24.3 Å². The van der Waals surface area contributed by atoms with E-state index in [0.29, 0.717) is 41.3 Å². The zero-order chi connectivity index (χ0) is 18.7. The van der Waals surface area contributed by atoms with Gasteiger partial charge in [-0.15, -0.1) is 0 Å². The molecule has 2 aromatic carbocycles. The van der Waals surface area contributed by atoms with Crippen molar-refractivity contribution < 1.29 is 4.79 Å². The minimum absolute atomic E-state index is 0.0169. The van der Waals surface area contributed by atoms with Gasteiger partial charge in [-0.3, -0.25) is 14.4 Å². The lowest BCUT2D eigenvalue weighted by Gasteiger charge is -2.19. The fourth-order valence-electron chi connectivity index (χ4n) is 4.22. The molecular formula is C21H15BrN2O3. The molecule has 27 heavy (non-hydrogen) atoms. The number of hydrogen-bond acceptors (Lipinski definition) is 3. The molecule has 0 spiro atoms. The van der Waals surface area contributed by atoms with Crippen LogP contribution in [0.25, 0.3) is 16.5 Å². The maximum atomic E-state index is 13.3. The highest BCUT2D eigenvalue weighted by molar-refractivity contribution is 9.10. The summed E-state index contributed by atoms with van der Waals surface area (Å²) in [5.74, 6) is 0.0169. The molecular weight excluding hydrogens is 408 g/mol. The Hall–Kier alpha value is -2.73. The van der Waals surface area contributed by atoms with Crippen LogP contribution in [0.5, 0.6) is 0 Å². The molecule has 0 saturated heterocycles. The Labute approximate surface area is 162 Å². The van der Waals surface area contributed by atoms with E-state index in [4.69, 9.17) is 0 Å². The SMILES string of the molecule is O=C1CCCC2=C1C(c1ccc(Br)cc1)n1c(=O)c3ccccc3c(=O)n12. The molecule has 5 nitrogen and oxygen atoms in total. The molecule has 6 heteroatoms. The fraction of sp³-hybridized carbons (Fsp3) is 0.190. The topological polar surface area (TPSA) is 61.1 Å². The first-order valence-electron chi connectivity index (χ1n) is 8.86. The van der Waals surface area contributed by atoms with E-state index in [1.807, 2.05) is 24.3 Å². The summed E-state index contributed by atoms with van der Waals surface area (Å²) in [5.41, 5.74) is 1.58. The largest absolute Gasteiger partial charge is 0.294 e. The molecule has 1 aliphatic carbocycles. The third kappa shape index (κ3) is 2.26. The van der Waals surface area contributed by atoms with E-state index in [1.165, 1.54) is 9.36 Å². The van der Waals surface area contributed by atoms with Crippen molar-refractivity contribution in [1.29, 1.82) is 0 Å². The maximum absolute atomic E-state index is 13.3. The summed E-state index contributed by atoms with van der Waals surface area (Å²) in [7, 11) is 0. The number of Topliss-reactive ketones (excluding diaryl/α,β-unsaturated/α-hetero) is 1. The molecule has 2 heterocycles. The fourth-order valence-corrected chi connectivity index (χ4v) is 4.48. The predicted octanol–water partition coefficient (Wildman–Crippen LogP) is 3.49. The molecule has 2 aliphatic rings. The summed E-state index contributed by atoms with van der Waals surface area (Å²) in [6.07, 6.45) is 1.76. The lowest BCUT2D eigenvalue weighted by atomic mass is 9.88. The Kier molecular flexibility index (Phi) is 3.59. The van der Waals surface area contributed by atoms with E-state index in [2.05, 4.69) is 15.9 Å². The van der Waals surface area contributed by atoms with Crippen LogP contribution in [-0.4, -0.2) is 15.1 Å². The molecule has 1 unspecified atom stereocenters. The average Bonchev–Trinajstić information content (AvgIpc) is 3.04. The Morgan fingerprint density at radius 2 is 1.52 bits per heavy atom. The van der Waals surface area contributed by atoms with Crippen molar-refractivity contribution in [2.75, 3.05) is 0 Å². The van der Waals surface area contributed by atoms with Crippen LogP contribution in [0.15, 0.2) is 68.2 Å². The summed E-state index contributed by atoms with van der Waals surface area (Å²) >= 11 is 3.42. The van der Waals surface area contributed by atoms with Gasteiger partial charge in [0.15, 0.2) is 5.78 Å². The van der Waals surface area contributed by atoms with Gasteiger partial charge in [-0.25, -0.2) is 9.36 Å². The number of ketones is 1. The second-order valence-electron chi connectivity index (χ2n) is 6.90. The molecule has 0 bridgehead atoms. The first-order chi connectivity index (χ1) is 13.1. The third-order valence-electron chi connectivity index (χ3n) is 5.39. The van der Waals surface area contributed by atoms with E-state index in [0.717, 1.165) is 10.0 Å². The molecule has 0 N–H and O–H groups in total. The minimum Gasteiger partial charge on any atom is -0.294 e. The highest BCUT2D eigenvalue weighted by Gasteiger charge is 2.39. The lowest BCUT2D eigenvalue weighted by Crippen LogP contribution is -2.37. The van der Waals surface area contributed by atoms with Crippen molar-refractivity contribution in [1.82, 2.24) is 9.36 Å². The molecule has 1 atom stereocenters. The summed E-state index contributed by atoms with van der Waals surface area (Å²) in [4.78, 5) is 39.4. The predicted molar refractivity (Wildman–Crippen MR) is 107 cm³/mol. The van der Waals surface area contributed by atoms with Crippen LogP contribution < -0.4 is 11.1 Å². The highest BCUT2D eigenvalue weighted by Crippen LogP contribution is 2.40. The van der Waals surface area contributed by atoms with Crippen LogP contribution in [0.4, 0.5) is 0 Å². The standard InChI is InChI=1S/C21H15BrN2O3/c22-13-10-8-12(9-11-13)19-18-16(6-3-7-17(18)25)23-20(26)14-4-1-2-5-15(14)21(27)24(19)23/h1-2,4-5,8-11,19H,3,6-7H2. The number of carbonyl (C=O) groups is 1. The van der Waals surface area contributed by atoms with Crippen molar-refractivity contribution in [2.24, 2.45) is 0 Å². The summed E-state index contributed by atoms with van der Waals surface area (Å²) < 4.78 is 3.84. The second-order valence-corrected chi connectivity index (χ2v) is 7.82. The first-order valence-corrected chi connectivity index (χ1v) is 9.66. The first kappa shape index (κ1) is 16.4. The molecule has 3 aromatic rings. The number of fused-ring (bicyclic) bond motifs is 3. The molecule has 0 amide bonds. The number of rotatable bonds is 1. The van der Waals surface area contributed by atoms with E-state index >= 15 is 0 Å². The molecule has 0 radical (unpaired) electrons. The van der Waals surface area contributed by atoms with Crippen molar-refractivity contribution >= 4 is 38.2 Å². The van der Waals surface area contributed by atoms with Gasteiger partial charge < -0.3 is 0 Å². The number of allylic oxidation sites excluding steroid dienone is 2. The Morgan fingerprint density at radius 1 is 0.852 bits per heavy atom. The smallest absolute Gasteiger partial charge is 0.277 e. The molecule has 134 valence electrons. The van der Waals surface area contributed by atoms with Crippen molar-refractivity contribution in [3.63, 3.8) is 0 Å². The van der Waals surface area contributed by atoms with Gasteiger partial charge in [-0.2, -0.15) is 0 Å². The monoisotopic (exact) mass is 422 g/mol. The van der Waals surface area contributed by atoms with Gasteiger partial charge in [0.1, 0.15) is 6.04 Å². The number of aromatic nitrogens is 2. The molecule has 0 fully saturated rings. The Morgan fingerprint density at radius 3 is 2.22 bits per heavy atom. The summed E-state index contributed by atoms with van der Waals surface area (Å²) in [6, 6.07) is 13.8. The van der Waals surface area contributed by atoms with Gasteiger partial charge in [0.25, 0.3) is 11.1 Å². The van der Waals surface area contributed by atoms with E-state index < -0.39 is 6.04 Å². The maximum Gasteiger partial charge on any atom is 0.277 e. The van der Waals surface area contributed by atoms with Crippen LogP contribution in [0.2, 0.25) is 0 Å². The van der Waals surface area contributed by atoms with Crippen LogP contribution in [0.1, 0.15) is 30.9 Å². The van der Waals surface area contributed by atoms with Crippen LogP contribution in [0.3, 0.4) is 0 Å². The number of carbonyl (C=O) groups excluding carboxylic acids is 1. The second kappa shape index (κ2) is 5.89. The summed E-state index contributed by atoms with van der Waals surface area (Å²) in [6.45, 7) is 0. The molecule has 1 aliphatic heterocycles. The zero-order valence-corrected chi connectivity index (χ0v) is 15.9. The molecule has 0 saturated carbocycles. The van der Waals surface area contributed by atoms with Gasteiger partial charge in [-0.1, -0.05) is 40.2 Å². The summed E-state index contributed by atoms with van der Waals surface area (Å²) in [5, 5.41) is 0.772. The Balaban J connectivity index is 1.92. The average molecular weight is 423 g/mol. The van der Waals surface area contributed by atoms with Gasteiger partial charge in [-0.05, 0) is 42.7 Å². The van der Waals surface area contributed by atoms with Crippen molar-refractivity contribution in [3.8, 4) is 0 Å². The van der Waals surface area contributed by atoms with Crippen LogP contribution in [-0.2, 0) is 4.79 Å². The van der Waals surface area contributed by atoms with Crippen LogP contribution >= 0.6 is 15.9 Å². The quantitative estimate of drug-likeness (QED) is 0.602. The van der Waals surface area contributed by atoms with E-state index in [-0.39, 0.29) is 16.9 Å². The number of benzene rings is 2. The highest BCUT2D eigenvalue weighted by atomic mass is 79.9. The van der Waals surface area contributed by atoms with Crippen molar-refractivity contribution in [3.05, 3.63) is 84.8 Å². The number of nitrogens with zero attached hydrogens (tertiary/aromatic N) is 2. The van der Waals surface area contributed by atoms with Gasteiger partial charge in [0.05, 0.1) is 16.5 Å². The number of halogens is 1. The zero-order valence-electron chi connectivity index (χ0n) is 14.3. The van der Waals surface area contributed by atoms with Gasteiger partial charge in [0, 0.05) is 16.5 Å². The Bertz CT molecular complexity index is 1270. The van der Waals surface area contributed by atoms with Gasteiger partial charge >= 0.3 is 0 Å². The van der Waals surface area contributed by atoms with E-state index in [9.17, 15) is 14.4 Å². The number of hydrogen-bond donors (Lipinski definition) is 0.